The van der Waals surface area contributed by atoms with Crippen molar-refractivity contribution in [2.45, 2.75) is 51.7 Å². The summed E-state index contributed by atoms with van der Waals surface area (Å²) in [5, 5.41) is 10.6. The molecule has 2 aliphatic rings. The maximum Gasteiger partial charge on any atom is 0.317 e. The van der Waals surface area contributed by atoms with Crippen molar-refractivity contribution in [2.24, 2.45) is 11.7 Å². The number of nitrogen functional groups attached to an aromatic ring is 1. The van der Waals surface area contributed by atoms with Gasteiger partial charge in [0.05, 0.1) is 12.0 Å². The van der Waals surface area contributed by atoms with Gasteiger partial charge in [0.2, 0.25) is 0 Å². The summed E-state index contributed by atoms with van der Waals surface area (Å²) < 4.78 is 5.31. The van der Waals surface area contributed by atoms with Crippen molar-refractivity contribution in [2.75, 3.05) is 31.1 Å². The van der Waals surface area contributed by atoms with Gasteiger partial charge in [-0.15, -0.1) is 0 Å². The van der Waals surface area contributed by atoms with Gasteiger partial charge < -0.3 is 25.6 Å². The van der Waals surface area contributed by atoms with Gasteiger partial charge in [0.25, 0.3) is 0 Å². The van der Waals surface area contributed by atoms with E-state index in [9.17, 15) is 9.59 Å². The zero-order valence-electron chi connectivity index (χ0n) is 17.9. The van der Waals surface area contributed by atoms with Crippen molar-refractivity contribution in [1.29, 1.82) is 5.41 Å². The highest BCUT2D eigenvalue weighted by Crippen LogP contribution is 2.26. The number of urea groups is 1. The lowest BCUT2D eigenvalue weighted by Crippen LogP contribution is -2.54. The lowest BCUT2D eigenvalue weighted by Gasteiger charge is -2.37. The van der Waals surface area contributed by atoms with E-state index in [1.54, 1.807) is 0 Å². The number of nitrogens with two attached hydrogens (primary N) is 1. The molecule has 8 heteroatoms. The number of anilines is 1. The summed E-state index contributed by atoms with van der Waals surface area (Å²) in [5.41, 5.74) is 7.30. The quantitative estimate of drug-likeness (QED) is 0.388. The molecular weight excluding hydrogens is 382 g/mol. The number of benzene rings is 1. The number of rotatable bonds is 5. The molecular formula is C22H33N5O3. The number of ether oxygens (including phenoxy) is 1. The van der Waals surface area contributed by atoms with E-state index >= 15 is 0 Å². The summed E-state index contributed by atoms with van der Waals surface area (Å²) in [6.07, 6.45) is 3.07. The van der Waals surface area contributed by atoms with Crippen LogP contribution in [0.5, 0.6) is 0 Å². The van der Waals surface area contributed by atoms with Gasteiger partial charge in [0.1, 0.15) is 5.84 Å². The lowest BCUT2D eigenvalue weighted by atomic mass is 9.86. The van der Waals surface area contributed by atoms with Crippen molar-refractivity contribution in [3.05, 3.63) is 29.8 Å². The Bertz CT molecular complexity index is 749. The number of carbonyl (C=O) groups is 2. The summed E-state index contributed by atoms with van der Waals surface area (Å²) in [7, 11) is 0. The molecule has 0 radical (unpaired) electrons. The van der Waals surface area contributed by atoms with Crippen molar-refractivity contribution >= 4 is 23.5 Å². The average Bonchev–Trinajstić information content (AvgIpc) is 2.74. The Morgan fingerprint density at radius 2 is 1.67 bits per heavy atom. The van der Waals surface area contributed by atoms with E-state index in [2.05, 4.69) is 10.2 Å². The van der Waals surface area contributed by atoms with Crippen LogP contribution in [0.25, 0.3) is 0 Å². The largest absolute Gasteiger partial charge is 0.463 e. The predicted octanol–water partition coefficient (Wildman–Crippen LogP) is 2.31. The van der Waals surface area contributed by atoms with Gasteiger partial charge in [0.15, 0.2) is 0 Å². The first kappa shape index (κ1) is 21.9. The molecule has 1 saturated heterocycles. The summed E-state index contributed by atoms with van der Waals surface area (Å²) in [6, 6.07) is 7.74. The maximum atomic E-state index is 12.7. The van der Waals surface area contributed by atoms with Crippen molar-refractivity contribution in [1.82, 2.24) is 10.2 Å². The predicted molar refractivity (Wildman–Crippen MR) is 117 cm³/mol. The molecule has 4 N–H and O–H groups in total. The van der Waals surface area contributed by atoms with Gasteiger partial charge in [-0.2, -0.15) is 0 Å². The summed E-state index contributed by atoms with van der Waals surface area (Å²) >= 11 is 0. The number of nitrogens with zero attached hydrogens (tertiary/aromatic N) is 2. The van der Waals surface area contributed by atoms with E-state index in [1.807, 2.05) is 43.0 Å². The van der Waals surface area contributed by atoms with Gasteiger partial charge in [-0.1, -0.05) is 0 Å². The molecule has 1 aromatic rings. The minimum Gasteiger partial charge on any atom is -0.463 e. The monoisotopic (exact) mass is 415 g/mol. The highest BCUT2D eigenvalue weighted by atomic mass is 16.5. The van der Waals surface area contributed by atoms with Crippen LogP contribution in [0.3, 0.4) is 0 Å². The van der Waals surface area contributed by atoms with Crippen LogP contribution in [0.15, 0.2) is 24.3 Å². The Morgan fingerprint density at radius 3 is 2.20 bits per heavy atom. The number of amidine groups is 1. The highest BCUT2D eigenvalue weighted by Gasteiger charge is 2.30. The van der Waals surface area contributed by atoms with E-state index in [0.29, 0.717) is 18.7 Å². The molecule has 1 aromatic carbocycles. The molecule has 2 amide bonds. The summed E-state index contributed by atoms with van der Waals surface area (Å²) in [5.74, 6) is -0.0883. The molecule has 0 spiro atoms. The van der Waals surface area contributed by atoms with Crippen LogP contribution in [-0.4, -0.2) is 61.1 Å². The zero-order valence-corrected chi connectivity index (χ0v) is 17.9. The Labute approximate surface area is 178 Å². The lowest BCUT2D eigenvalue weighted by molar-refractivity contribution is -0.153. The molecule has 0 atom stereocenters. The van der Waals surface area contributed by atoms with Gasteiger partial charge >= 0.3 is 12.0 Å². The fourth-order valence-electron chi connectivity index (χ4n) is 4.09. The van der Waals surface area contributed by atoms with E-state index < -0.39 is 0 Å². The molecule has 1 aliphatic heterocycles. The number of esters is 1. The number of piperazine rings is 1. The third-order valence-corrected chi connectivity index (χ3v) is 5.85. The maximum absolute atomic E-state index is 12.7. The number of carbonyl (C=O) groups excluding carboxylic acids is 2. The smallest absolute Gasteiger partial charge is 0.317 e. The van der Waals surface area contributed by atoms with Gasteiger partial charge in [-0.3, -0.25) is 10.2 Å². The number of amides is 2. The topological polar surface area (TPSA) is 112 Å². The second-order valence-corrected chi connectivity index (χ2v) is 8.42. The number of hydrogen-bond donors (Lipinski definition) is 3. The molecule has 1 saturated carbocycles. The minimum atomic E-state index is -0.109. The molecule has 8 nitrogen and oxygen atoms in total. The second-order valence-electron chi connectivity index (χ2n) is 8.42. The molecule has 2 fully saturated rings. The van der Waals surface area contributed by atoms with Crippen LogP contribution in [0, 0.1) is 11.3 Å². The fraction of sp³-hybridized carbons (Fsp3) is 0.591. The molecule has 0 aromatic heterocycles. The van der Waals surface area contributed by atoms with Crippen molar-refractivity contribution in [3.63, 3.8) is 0 Å². The molecule has 1 aliphatic carbocycles. The molecule has 1 heterocycles. The summed E-state index contributed by atoms with van der Waals surface area (Å²) in [4.78, 5) is 28.8. The normalized spacial score (nSPS) is 22.0. The molecule has 3 rings (SSSR count). The van der Waals surface area contributed by atoms with E-state index in [1.165, 1.54) is 0 Å². The van der Waals surface area contributed by atoms with Crippen LogP contribution in [0.1, 0.15) is 45.1 Å². The first-order valence-corrected chi connectivity index (χ1v) is 10.8. The van der Waals surface area contributed by atoms with E-state index in [4.69, 9.17) is 15.9 Å². The van der Waals surface area contributed by atoms with Gasteiger partial charge in [0, 0.05) is 43.5 Å². The summed E-state index contributed by atoms with van der Waals surface area (Å²) in [6.45, 7) is 6.59. The fourth-order valence-corrected chi connectivity index (χ4v) is 4.09. The van der Waals surface area contributed by atoms with E-state index in [-0.39, 0.29) is 35.9 Å². The van der Waals surface area contributed by atoms with Gasteiger partial charge in [-0.25, -0.2) is 4.79 Å². The van der Waals surface area contributed by atoms with Crippen LogP contribution in [0.4, 0.5) is 10.5 Å². The molecule has 164 valence electrons. The second kappa shape index (κ2) is 9.82. The standard InChI is InChI=1S/C22H33N5O3/c1-15(2)30-21(28)17-3-7-18(8-4-17)25-22(29)27-13-11-26(12-14-27)19-9-5-16(6-10-19)20(23)24/h5-6,9-10,15,17-18H,3-4,7-8,11-14H2,1-2H3,(H3,23,24)(H,25,29). The Morgan fingerprint density at radius 1 is 1.07 bits per heavy atom. The van der Waals surface area contributed by atoms with Crippen LogP contribution >= 0.6 is 0 Å². The third kappa shape index (κ3) is 5.64. The molecule has 0 unspecified atom stereocenters. The van der Waals surface area contributed by atoms with Crippen LogP contribution < -0.4 is 16.0 Å². The van der Waals surface area contributed by atoms with Crippen LogP contribution in [0.2, 0.25) is 0 Å². The van der Waals surface area contributed by atoms with Crippen LogP contribution in [-0.2, 0) is 9.53 Å². The van der Waals surface area contributed by atoms with E-state index in [0.717, 1.165) is 44.5 Å². The Kier molecular flexibility index (Phi) is 7.18. The van der Waals surface area contributed by atoms with Gasteiger partial charge in [-0.05, 0) is 63.8 Å². The first-order chi connectivity index (χ1) is 14.3. The third-order valence-electron chi connectivity index (χ3n) is 5.85. The Hall–Kier alpha value is -2.77. The molecule has 30 heavy (non-hydrogen) atoms. The number of nitrogens with one attached hydrogen (secondary N) is 2. The average molecular weight is 416 g/mol. The molecule has 0 bridgehead atoms. The Balaban J connectivity index is 1.41. The first-order valence-electron chi connectivity index (χ1n) is 10.8. The van der Waals surface area contributed by atoms with Crippen molar-refractivity contribution < 1.29 is 14.3 Å². The van der Waals surface area contributed by atoms with Crippen molar-refractivity contribution in [3.8, 4) is 0 Å². The SMILES string of the molecule is CC(C)OC(=O)C1CCC(NC(=O)N2CCN(c3ccc(C(=N)N)cc3)CC2)CC1. The zero-order chi connectivity index (χ0) is 21.7. The minimum absolute atomic E-state index is 0.0187. The number of hydrogen-bond acceptors (Lipinski definition) is 5. The highest BCUT2D eigenvalue weighted by molar-refractivity contribution is 5.95.